The van der Waals surface area contributed by atoms with Gasteiger partial charge in [-0.3, -0.25) is 9.59 Å². The van der Waals surface area contributed by atoms with Gasteiger partial charge in [-0.15, -0.1) is 0 Å². The van der Waals surface area contributed by atoms with Crippen LogP contribution in [-0.4, -0.2) is 35.0 Å². The summed E-state index contributed by atoms with van der Waals surface area (Å²) >= 11 is 0. The number of carboxylic acid groups (broad SMARTS) is 1. The van der Waals surface area contributed by atoms with Crippen molar-refractivity contribution in [2.75, 3.05) is 13.1 Å². The molecule has 1 aliphatic heterocycles. The smallest absolute Gasteiger partial charge is 0.308 e. The summed E-state index contributed by atoms with van der Waals surface area (Å²) in [6.07, 6.45) is 4.60. The summed E-state index contributed by atoms with van der Waals surface area (Å²) < 4.78 is 0. The zero-order valence-electron chi connectivity index (χ0n) is 9.74. The van der Waals surface area contributed by atoms with E-state index in [2.05, 4.69) is 6.92 Å². The van der Waals surface area contributed by atoms with E-state index in [0.29, 0.717) is 19.5 Å². The fraction of sp³-hybridized carbons (Fsp3) is 0.833. The molecule has 4 nitrogen and oxygen atoms in total. The lowest BCUT2D eigenvalue weighted by Gasteiger charge is -2.42. The molecule has 1 aliphatic carbocycles. The van der Waals surface area contributed by atoms with Crippen LogP contribution in [0.4, 0.5) is 0 Å². The SMILES string of the molecule is CCC1(C(=O)N2CCC(C(=O)O)C2)CCC1. The third-order valence-electron chi connectivity index (χ3n) is 4.27. The number of carbonyl (C=O) groups excluding carboxylic acids is 1. The van der Waals surface area contributed by atoms with E-state index >= 15 is 0 Å². The van der Waals surface area contributed by atoms with E-state index in [4.69, 9.17) is 5.11 Å². The fourth-order valence-corrected chi connectivity index (χ4v) is 2.80. The van der Waals surface area contributed by atoms with Crippen molar-refractivity contribution in [2.24, 2.45) is 11.3 Å². The molecule has 2 rings (SSSR count). The number of nitrogens with zero attached hydrogens (tertiary/aromatic N) is 1. The van der Waals surface area contributed by atoms with Gasteiger partial charge in [0.15, 0.2) is 0 Å². The lowest BCUT2D eigenvalue weighted by Crippen LogP contribution is -2.46. The van der Waals surface area contributed by atoms with Gasteiger partial charge in [-0.2, -0.15) is 0 Å². The minimum atomic E-state index is -0.769. The normalized spacial score (nSPS) is 27.6. The molecule has 1 unspecified atom stereocenters. The van der Waals surface area contributed by atoms with Crippen LogP contribution in [0.15, 0.2) is 0 Å². The Labute approximate surface area is 95.6 Å². The minimum Gasteiger partial charge on any atom is -0.481 e. The minimum absolute atomic E-state index is 0.145. The molecule has 1 saturated heterocycles. The molecule has 90 valence electrons. The molecule has 0 aromatic rings. The molecule has 1 atom stereocenters. The van der Waals surface area contributed by atoms with E-state index in [1.807, 2.05) is 0 Å². The lowest BCUT2D eigenvalue weighted by molar-refractivity contribution is -0.147. The van der Waals surface area contributed by atoms with Crippen LogP contribution in [0.2, 0.25) is 0 Å². The highest BCUT2D eigenvalue weighted by molar-refractivity contribution is 5.84. The number of likely N-dealkylation sites (tertiary alicyclic amines) is 1. The topological polar surface area (TPSA) is 57.6 Å². The zero-order valence-corrected chi connectivity index (χ0v) is 9.74. The third-order valence-corrected chi connectivity index (χ3v) is 4.27. The van der Waals surface area contributed by atoms with E-state index in [1.54, 1.807) is 4.90 Å². The quantitative estimate of drug-likeness (QED) is 0.791. The van der Waals surface area contributed by atoms with Crippen molar-refractivity contribution in [1.29, 1.82) is 0 Å². The van der Waals surface area contributed by atoms with Gasteiger partial charge in [0.05, 0.1) is 5.92 Å². The summed E-state index contributed by atoms with van der Waals surface area (Å²) in [5, 5.41) is 8.91. The van der Waals surface area contributed by atoms with Crippen molar-refractivity contribution in [2.45, 2.75) is 39.0 Å². The molecule has 0 bridgehead atoms. The summed E-state index contributed by atoms with van der Waals surface area (Å²) in [6.45, 7) is 3.09. The Bertz CT molecular complexity index is 304. The second-order valence-corrected chi connectivity index (χ2v) is 5.06. The number of hydrogen-bond donors (Lipinski definition) is 1. The van der Waals surface area contributed by atoms with E-state index in [9.17, 15) is 9.59 Å². The first-order valence-corrected chi connectivity index (χ1v) is 6.11. The van der Waals surface area contributed by atoms with Gasteiger partial charge in [-0.05, 0) is 25.7 Å². The van der Waals surface area contributed by atoms with Gasteiger partial charge < -0.3 is 10.0 Å². The Kier molecular flexibility index (Phi) is 2.91. The second kappa shape index (κ2) is 4.07. The monoisotopic (exact) mass is 225 g/mol. The summed E-state index contributed by atoms with van der Waals surface area (Å²) in [4.78, 5) is 24.9. The summed E-state index contributed by atoms with van der Waals surface area (Å²) in [5.41, 5.74) is -0.145. The maximum Gasteiger partial charge on any atom is 0.308 e. The van der Waals surface area contributed by atoms with Gasteiger partial charge in [0.2, 0.25) is 5.91 Å². The number of rotatable bonds is 3. The number of hydrogen-bond acceptors (Lipinski definition) is 2. The van der Waals surface area contributed by atoms with Crippen LogP contribution in [-0.2, 0) is 9.59 Å². The molecule has 2 fully saturated rings. The lowest BCUT2D eigenvalue weighted by atomic mass is 9.66. The molecule has 1 N–H and O–H groups in total. The Morgan fingerprint density at radius 2 is 2.12 bits per heavy atom. The molecule has 1 heterocycles. The van der Waals surface area contributed by atoms with Crippen LogP contribution in [0.1, 0.15) is 39.0 Å². The van der Waals surface area contributed by atoms with Crippen LogP contribution in [0, 0.1) is 11.3 Å². The van der Waals surface area contributed by atoms with Crippen molar-refractivity contribution in [3.05, 3.63) is 0 Å². The van der Waals surface area contributed by atoms with E-state index in [1.165, 1.54) is 0 Å². The number of amides is 1. The predicted octanol–water partition coefficient (Wildman–Crippen LogP) is 1.50. The second-order valence-electron chi connectivity index (χ2n) is 5.06. The molecule has 16 heavy (non-hydrogen) atoms. The molecular weight excluding hydrogens is 206 g/mol. The van der Waals surface area contributed by atoms with Crippen molar-refractivity contribution in [3.63, 3.8) is 0 Å². The molecule has 0 spiro atoms. The largest absolute Gasteiger partial charge is 0.481 e. The molecule has 0 radical (unpaired) electrons. The average molecular weight is 225 g/mol. The maximum atomic E-state index is 12.3. The fourth-order valence-electron chi connectivity index (χ4n) is 2.80. The molecule has 0 aromatic carbocycles. The average Bonchev–Trinajstić information content (AvgIpc) is 2.65. The molecule has 1 amide bonds. The third kappa shape index (κ3) is 1.70. The van der Waals surface area contributed by atoms with E-state index in [0.717, 1.165) is 25.7 Å². The first kappa shape index (κ1) is 11.4. The first-order valence-electron chi connectivity index (χ1n) is 6.11. The van der Waals surface area contributed by atoms with Gasteiger partial charge in [0.1, 0.15) is 0 Å². The highest BCUT2D eigenvalue weighted by Crippen LogP contribution is 2.45. The standard InChI is InChI=1S/C12H19NO3/c1-2-12(5-3-6-12)11(16)13-7-4-9(8-13)10(14)15/h9H,2-8H2,1H3,(H,14,15). The number of carbonyl (C=O) groups is 2. The van der Waals surface area contributed by atoms with Gasteiger partial charge >= 0.3 is 5.97 Å². The van der Waals surface area contributed by atoms with E-state index in [-0.39, 0.29) is 17.2 Å². The summed E-state index contributed by atoms with van der Waals surface area (Å²) in [6, 6.07) is 0. The van der Waals surface area contributed by atoms with Crippen LogP contribution in [0.3, 0.4) is 0 Å². The Morgan fingerprint density at radius 1 is 1.44 bits per heavy atom. The van der Waals surface area contributed by atoms with E-state index < -0.39 is 5.97 Å². The van der Waals surface area contributed by atoms with Gasteiger partial charge in [-0.1, -0.05) is 13.3 Å². The Hall–Kier alpha value is -1.06. The molecular formula is C12H19NO3. The van der Waals surface area contributed by atoms with Gasteiger partial charge in [0.25, 0.3) is 0 Å². The summed E-state index contributed by atoms with van der Waals surface area (Å²) in [5.74, 6) is -0.919. The van der Waals surface area contributed by atoms with Crippen LogP contribution < -0.4 is 0 Å². The first-order chi connectivity index (χ1) is 7.59. The van der Waals surface area contributed by atoms with Crippen LogP contribution in [0.5, 0.6) is 0 Å². The molecule has 0 aromatic heterocycles. The van der Waals surface area contributed by atoms with Gasteiger partial charge in [0, 0.05) is 18.5 Å². The highest BCUT2D eigenvalue weighted by Gasteiger charge is 2.46. The summed E-state index contributed by atoms with van der Waals surface area (Å²) in [7, 11) is 0. The zero-order chi connectivity index (χ0) is 11.8. The number of aliphatic carboxylic acids is 1. The molecule has 2 aliphatic rings. The Balaban J connectivity index is 1.99. The van der Waals surface area contributed by atoms with Crippen molar-refractivity contribution < 1.29 is 14.7 Å². The van der Waals surface area contributed by atoms with Crippen molar-refractivity contribution in [3.8, 4) is 0 Å². The molecule has 4 heteroatoms. The highest BCUT2D eigenvalue weighted by atomic mass is 16.4. The van der Waals surface area contributed by atoms with Gasteiger partial charge in [-0.25, -0.2) is 0 Å². The maximum absolute atomic E-state index is 12.3. The number of carboxylic acids is 1. The molecule has 1 saturated carbocycles. The van der Waals surface area contributed by atoms with Crippen molar-refractivity contribution >= 4 is 11.9 Å². The van der Waals surface area contributed by atoms with Crippen LogP contribution >= 0.6 is 0 Å². The predicted molar refractivity (Wildman–Crippen MR) is 58.9 cm³/mol. The van der Waals surface area contributed by atoms with Crippen LogP contribution in [0.25, 0.3) is 0 Å². The van der Waals surface area contributed by atoms with Crippen molar-refractivity contribution in [1.82, 2.24) is 4.90 Å². The Morgan fingerprint density at radius 3 is 2.50 bits per heavy atom.